The maximum atomic E-state index is 13.5. The highest BCUT2D eigenvalue weighted by molar-refractivity contribution is 7.98. The Balaban J connectivity index is 1.55. The summed E-state index contributed by atoms with van der Waals surface area (Å²) in [6.07, 6.45) is -3.78. The Morgan fingerprint density at radius 2 is 1.51 bits per heavy atom. The van der Waals surface area contributed by atoms with Gasteiger partial charge in [-0.1, -0.05) is 0 Å². The molecule has 0 radical (unpaired) electrons. The maximum Gasteiger partial charge on any atom is 0.362 e. The molecule has 0 aliphatic carbocycles. The molecule has 19 N–H and O–H groups in total. The minimum atomic E-state index is -4.95. The van der Waals surface area contributed by atoms with Crippen molar-refractivity contribution in [2.45, 2.75) is 113 Å². The zero-order valence-corrected chi connectivity index (χ0v) is 41.4. The van der Waals surface area contributed by atoms with Crippen molar-refractivity contribution in [2.75, 3.05) is 37.4 Å². The Bertz CT molecular complexity index is 2440. The first-order valence-corrected chi connectivity index (χ1v) is 24.7. The molecule has 0 spiro atoms. The number of carbonyl (C=O) groups is 9. The summed E-state index contributed by atoms with van der Waals surface area (Å²) in [7, 11) is -4.95. The standard InChI is InChI=1S/C38H61N17O16S2/c1-16(31(62)49-17(2)32(63)54-73(68,69)70-12-22-27(60)28(61)37(71-22)55-14-47-26-29(40)45-13-46-30(26)55)50-35(66)21(10-23(39)58)51-24(59)11-44-36(67)25(18(3)57)53-34(65)20(6-5-8-43-38(41)42)52-33(64)19(48-15-56)7-9-72-4/h13-22,25,27-28,37,57,60-61H,5-12H2,1-4H3,(H2,39,58)(H,44,67)(H,48,56)(H,49,62)(H,50,66)(H,51,59)(H,52,64)(H,53,65)(H,54,63)(H2,40,45,46)(H4,41,42,43)/t16-,17-,18+,19-,20-,21-,22+,25-,27+,28+,37+/m0/s1. The number of fused-ring (bicyclic) bond motifs is 1. The first-order chi connectivity index (χ1) is 34.3. The number of aliphatic hydroxyl groups excluding tert-OH is 3. The fourth-order valence-corrected chi connectivity index (χ4v) is 7.85. The average molecular weight is 1080 g/mol. The van der Waals surface area contributed by atoms with Crippen LogP contribution in [0, 0.1) is 0 Å². The van der Waals surface area contributed by atoms with E-state index in [4.69, 9.17) is 31.9 Å². The van der Waals surface area contributed by atoms with Crippen LogP contribution in [0.4, 0.5) is 5.82 Å². The predicted molar refractivity (Wildman–Crippen MR) is 254 cm³/mol. The summed E-state index contributed by atoms with van der Waals surface area (Å²) < 4.78 is 38.5. The van der Waals surface area contributed by atoms with Crippen LogP contribution in [0.2, 0.25) is 0 Å². The molecule has 1 aliphatic heterocycles. The van der Waals surface area contributed by atoms with Gasteiger partial charge in [0.15, 0.2) is 23.7 Å². The van der Waals surface area contributed by atoms with E-state index in [2.05, 4.69) is 57.2 Å². The fourth-order valence-electron chi connectivity index (χ4n) is 6.58. The second-order valence-corrected chi connectivity index (χ2v) is 18.5. The normalized spacial score (nSPS) is 19.3. The molecule has 3 heterocycles. The van der Waals surface area contributed by atoms with Crippen molar-refractivity contribution in [2.24, 2.45) is 22.2 Å². The monoisotopic (exact) mass is 1080 g/mol. The molecule has 0 aromatic carbocycles. The number of rotatable bonds is 30. The van der Waals surface area contributed by atoms with E-state index in [0.717, 1.165) is 27.1 Å². The summed E-state index contributed by atoms with van der Waals surface area (Å²) in [6, 6.07) is -8.96. The highest BCUT2D eigenvalue weighted by Gasteiger charge is 2.45. The largest absolute Gasteiger partial charge is 0.391 e. The summed E-state index contributed by atoms with van der Waals surface area (Å²) in [5.74, 6) is -8.26. The van der Waals surface area contributed by atoms with Gasteiger partial charge >= 0.3 is 10.3 Å². The van der Waals surface area contributed by atoms with Crippen LogP contribution in [-0.4, -0.2) is 195 Å². The summed E-state index contributed by atoms with van der Waals surface area (Å²) in [5.41, 5.74) is 22.1. The Kier molecular flexibility index (Phi) is 23.3. The number of aromatic nitrogens is 4. The first kappa shape index (κ1) is 60.3. The molecule has 1 aliphatic rings. The quantitative estimate of drug-likeness (QED) is 0.0149. The lowest BCUT2D eigenvalue weighted by atomic mass is 10.1. The number of hydrogen-bond donors (Lipinski definition) is 15. The van der Waals surface area contributed by atoms with Gasteiger partial charge in [0, 0.05) is 6.54 Å². The van der Waals surface area contributed by atoms with Crippen LogP contribution in [0.1, 0.15) is 52.7 Å². The van der Waals surface area contributed by atoms with Crippen LogP contribution in [0.15, 0.2) is 17.6 Å². The van der Waals surface area contributed by atoms with E-state index in [1.807, 2.05) is 0 Å². The second-order valence-electron chi connectivity index (χ2n) is 16.2. The van der Waals surface area contributed by atoms with Gasteiger partial charge in [-0.25, -0.2) is 19.7 Å². The van der Waals surface area contributed by atoms with Gasteiger partial charge in [-0.3, -0.25) is 56.9 Å². The molecule has 2 aromatic rings. The van der Waals surface area contributed by atoms with E-state index in [1.165, 1.54) is 22.7 Å². The molecule has 35 heteroatoms. The number of ether oxygens (including phenoxy) is 1. The van der Waals surface area contributed by atoms with Crippen molar-refractivity contribution in [1.82, 2.24) is 61.5 Å². The van der Waals surface area contributed by atoms with Crippen LogP contribution in [0.5, 0.6) is 0 Å². The molecule has 73 heavy (non-hydrogen) atoms. The van der Waals surface area contributed by atoms with E-state index >= 15 is 0 Å². The third-order valence-electron chi connectivity index (χ3n) is 10.4. The SMILES string of the molecule is CSCC[C@H](NC=O)C(=O)N[C@@H](CCCN=C(N)N)C(=O)N[C@H](C(=O)NCC(=O)N[C@@H](CC(N)=O)C(=O)N[C@@H](C)C(=O)N[C@@H](C)C(=O)NS(=O)(=O)OC[C@H]1O[C@@H](n2cnc3c(N)ncnc32)[C@H](O)[C@@H]1O)[C@@H](C)O. The molecule has 3 rings (SSSR count). The Labute approximate surface area is 420 Å². The molecule has 9 amide bonds. The zero-order valence-electron chi connectivity index (χ0n) is 39.8. The molecule has 2 aromatic heterocycles. The molecular weight excluding hydrogens is 1010 g/mol. The third kappa shape index (κ3) is 18.5. The summed E-state index contributed by atoms with van der Waals surface area (Å²) in [4.78, 5) is 130. The first-order valence-electron chi connectivity index (χ1n) is 21.9. The summed E-state index contributed by atoms with van der Waals surface area (Å²) >= 11 is 1.40. The third-order valence-corrected chi connectivity index (χ3v) is 12.0. The van der Waals surface area contributed by atoms with Crippen molar-refractivity contribution in [3.05, 3.63) is 12.7 Å². The molecule has 0 saturated carbocycles. The lowest BCUT2D eigenvalue weighted by molar-refractivity contribution is -0.136. The fraction of sp³-hybridized carbons (Fsp3) is 0.605. The Morgan fingerprint density at radius 3 is 2.14 bits per heavy atom. The second kappa shape index (κ2) is 28.3. The van der Waals surface area contributed by atoms with Gasteiger partial charge in [0.1, 0.15) is 66.4 Å². The number of aliphatic imine (C=N–C) groups is 1. The van der Waals surface area contributed by atoms with E-state index in [9.17, 15) is 66.9 Å². The number of thioether (sulfide) groups is 1. The molecule has 1 saturated heterocycles. The van der Waals surface area contributed by atoms with Crippen LogP contribution < -0.4 is 64.9 Å². The van der Waals surface area contributed by atoms with Gasteiger partial charge in [0.2, 0.25) is 47.8 Å². The number of amides is 9. The minimum Gasteiger partial charge on any atom is -0.391 e. The zero-order chi connectivity index (χ0) is 54.7. The van der Waals surface area contributed by atoms with E-state index < -0.39 is 144 Å². The number of primary amides is 1. The van der Waals surface area contributed by atoms with Gasteiger partial charge in [0.25, 0.3) is 5.91 Å². The lowest BCUT2D eigenvalue weighted by Crippen LogP contribution is -2.59. The van der Waals surface area contributed by atoms with Crippen LogP contribution in [0.3, 0.4) is 0 Å². The molecule has 33 nitrogen and oxygen atoms in total. The molecule has 0 bridgehead atoms. The Hall–Kier alpha value is -7.05. The van der Waals surface area contributed by atoms with Crippen molar-refractivity contribution in [1.29, 1.82) is 0 Å². The van der Waals surface area contributed by atoms with Gasteiger partial charge in [-0.2, -0.15) is 20.2 Å². The molecule has 11 atom stereocenters. The molecule has 0 unspecified atom stereocenters. The smallest absolute Gasteiger partial charge is 0.362 e. The van der Waals surface area contributed by atoms with E-state index in [0.29, 0.717) is 12.2 Å². The van der Waals surface area contributed by atoms with Crippen LogP contribution >= 0.6 is 11.8 Å². The van der Waals surface area contributed by atoms with Crippen LogP contribution in [-0.2, 0) is 62.4 Å². The number of nitrogens with two attached hydrogens (primary N) is 4. The number of anilines is 1. The molecule has 406 valence electrons. The van der Waals surface area contributed by atoms with E-state index in [-0.39, 0.29) is 48.7 Å². The summed E-state index contributed by atoms with van der Waals surface area (Å²) in [6.45, 7) is 1.57. The van der Waals surface area contributed by atoms with Crippen molar-refractivity contribution >= 4 is 98.7 Å². The van der Waals surface area contributed by atoms with Gasteiger partial charge in [-0.15, -0.1) is 0 Å². The topological polar surface area (TPSA) is 523 Å². The average Bonchev–Trinajstić information content (AvgIpc) is 3.87. The number of nitrogen functional groups attached to an aromatic ring is 1. The number of nitrogens with zero attached hydrogens (tertiary/aromatic N) is 5. The van der Waals surface area contributed by atoms with Crippen LogP contribution in [0.25, 0.3) is 11.2 Å². The number of guanidine groups is 1. The minimum absolute atomic E-state index is 0.0203. The Morgan fingerprint density at radius 1 is 0.863 bits per heavy atom. The summed E-state index contributed by atoms with van der Waals surface area (Å²) in [5, 5.41) is 47.5. The highest BCUT2D eigenvalue weighted by atomic mass is 32.2. The lowest BCUT2D eigenvalue weighted by Gasteiger charge is -2.26. The van der Waals surface area contributed by atoms with Gasteiger partial charge in [0.05, 0.1) is 32.0 Å². The van der Waals surface area contributed by atoms with Crippen molar-refractivity contribution in [3.63, 3.8) is 0 Å². The molecule has 1 fully saturated rings. The maximum absolute atomic E-state index is 13.5. The number of carbonyl (C=O) groups excluding carboxylic acids is 9. The molecular formula is C38H61N17O16S2. The van der Waals surface area contributed by atoms with Gasteiger partial charge < -0.3 is 80.2 Å². The number of aliphatic hydroxyl groups is 3. The van der Waals surface area contributed by atoms with Gasteiger partial charge in [-0.05, 0) is 52.0 Å². The predicted octanol–water partition coefficient (Wildman–Crippen LogP) is -8.84. The van der Waals surface area contributed by atoms with Crippen molar-refractivity contribution < 1.29 is 75.8 Å². The number of imidazole rings is 1. The number of nitrogens with one attached hydrogen (secondary N) is 8. The highest BCUT2D eigenvalue weighted by Crippen LogP contribution is 2.32. The number of hydrogen-bond acceptors (Lipinski definition) is 22. The van der Waals surface area contributed by atoms with Crippen molar-refractivity contribution in [3.8, 4) is 0 Å². The van der Waals surface area contributed by atoms with E-state index in [1.54, 1.807) is 11.0 Å².